The standard InChI is InChI=1S/C19H18F2N4O3/c1-25(12-13-5-7-14(8-6-13)27-19(20)21)17(26)10-9-16-23-18(24-28-16)15-4-2-3-11-22-15/h2-8,11,19H,9-10,12H2,1H3. The molecule has 0 saturated carbocycles. The van der Waals surface area contributed by atoms with E-state index in [-0.39, 0.29) is 18.1 Å². The minimum Gasteiger partial charge on any atom is -0.435 e. The summed E-state index contributed by atoms with van der Waals surface area (Å²) < 4.78 is 33.8. The molecule has 3 aromatic rings. The van der Waals surface area contributed by atoms with Gasteiger partial charge in [0.25, 0.3) is 0 Å². The van der Waals surface area contributed by atoms with Gasteiger partial charge >= 0.3 is 6.61 Å². The lowest BCUT2D eigenvalue weighted by Gasteiger charge is -2.17. The van der Waals surface area contributed by atoms with Crippen LogP contribution in [0.5, 0.6) is 5.75 Å². The van der Waals surface area contributed by atoms with Gasteiger partial charge in [0.05, 0.1) is 0 Å². The zero-order chi connectivity index (χ0) is 19.9. The molecule has 7 nitrogen and oxygen atoms in total. The predicted octanol–water partition coefficient (Wildman–Crippen LogP) is 3.32. The number of benzene rings is 1. The second kappa shape index (κ2) is 9.03. The Labute approximate surface area is 160 Å². The van der Waals surface area contributed by atoms with Crippen LogP contribution >= 0.6 is 0 Å². The SMILES string of the molecule is CN(Cc1ccc(OC(F)F)cc1)C(=O)CCc1nc(-c2ccccn2)no1. The van der Waals surface area contributed by atoms with Crippen LogP contribution in [0.1, 0.15) is 17.9 Å². The molecule has 2 heterocycles. The van der Waals surface area contributed by atoms with Crippen molar-refractivity contribution in [3.63, 3.8) is 0 Å². The van der Waals surface area contributed by atoms with Crippen LogP contribution in [0.25, 0.3) is 11.5 Å². The summed E-state index contributed by atoms with van der Waals surface area (Å²) in [4.78, 5) is 22.2. The van der Waals surface area contributed by atoms with Crippen molar-refractivity contribution in [3.05, 3.63) is 60.1 Å². The lowest BCUT2D eigenvalue weighted by Crippen LogP contribution is -2.26. The molecule has 0 fully saturated rings. The highest BCUT2D eigenvalue weighted by Crippen LogP contribution is 2.16. The molecule has 1 aromatic carbocycles. The van der Waals surface area contributed by atoms with Crippen molar-refractivity contribution in [3.8, 4) is 17.3 Å². The molecule has 28 heavy (non-hydrogen) atoms. The average Bonchev–Trinajstić information content (AvgIpc) is 3.17. The van der Waals surface area contributed by atoms with Crippen molar-refractivity contribution < 1.29 is 22.8 Å². The van der Waals surface area contributed by atoms with Crippen LogP contribution in [-0.2, 0) is 17.8 Å². The summed E-state index contributed by atoms with van der Waals surface area (Å²) in [6, 6.07) is 11.5. The van der Waals surface area contributed by atoms with Crippen molar-refractivity contribution in [2.75, 3.05) is 7.05 Å². The van der Waals surface area contributed by atoms with E-state index in [0.29, 0.717) is 30.4 Å². The zero-order valence-electron chi connectivity index (χ0n) is 15.1. The van der Waals surface area contributed by atoms with Crippen LogP contribution < -0.4 is 4.74 Å². The zero-order valence-corrected chi connectivity index (χ0v) is 15.1. The van der Waals surface area contributed by atoms with Crippen LogP contribution in [0.3, 0.4) is 0 Å². The second-order valence-corrected chi connectivity index (χ2v) is 6.00. The second-order valence-electron chi connectivity index (χ2n) is 6.00. The molecular formula is C19H18F2N4O3. The molecular weight excluding hydrogens is 370 g/mol. The molecule has 0 bridgehead atoms. The van der Waals surface area contributed by atoms with Gasteiger partial charge in [-0.05, 0) is 29.8 Å². The number of carbonyl (C=O) groups excluding carboxylic acids is 1. The van der Waals surface area contributed by atoms with E-state index in [0.717, 1.165) is 5.56 Å². The predicted molar refractivity (Wildman–Crippen MR) is 95.4 cm³/mol. The Bertz CT molecular complexity index is 901. The van der Waals surface area contributed by atoms with Crippen molar-refractivity contribution in [2.45, 2.75) is 26.0 Å². The number of nitrogens with zero attached hydrogens (tertiary/aromatic N) is 4. The molecule has 146 valence electrons. The first-order chi connectivity index (χ1) is 13.5. The first-order valence-electron chi connectivity index (χ1n) is 8.53. The summed E-state index contributed by atoms with van der Waals surface area (Å²) in [5.41, 5.74) is 1.40. The van der Waals surface area contributed by atoms with Gasteiger partial charge in [-0.15, -0.1) is 0 Å². The highest BCUT2D eigenvalue weighted by Gasteiger charge is 2.14. The van der Waals surface area contributed by atoms with Gasteiger partial charge in [-0.25, -0.2) is 0 Å². The molecule has 2 aromatic heterocycles. The molecule has 0 N–H and O–H groups in total. The first-order valence-corrected chi connectivity index (χ1v) is 8.53. The largest absolute Gasteiger partial charge is 0.435 e. The van der Waals surface area contributed by atoms with E-state index in [1.54, 1.807) is 42.4 Å². The number of carbonyl (C=O) groups is 1. The number of amides is 1. The quantitative estimate of drug-likeness (QED) is 0.589. The number of hydrogen-bond acceptors (Lipinski definition) is 6. The van der Waals surface area contributed by atoms with Gasteiger partial charge in [0, 0.05) is 32.6 Å². The number of ether oxygens (including phenoxy) is 1. The van der Waals surface area contributed by atoms with Gasteiger partial charge < -0.3 is 14.2 Å². The lowest BCUT2D eigenvalue weighted by atomic mass is 10.2. The van der Waals surface area contributed by atoms with Crippen LogP contribution in [0.2, 0.25) is 0 Å². The van der Waals surface area contributed by atoms with Gasteiger partial charge in [0.1, 0.15) is 11.4 Å². The molecule has 0 aliphatic carbocycles. The molecule has 0 saturated heterocycles. The molecule has 9 heteroatoms. The number of alkyl halides is 2. The Balaban J connectivity index is 1.50. The average molecular weight is 388 g/mol. The van der Waals surface area contributed by atoms with Crippen molar-refractivity contribution in [1.82, 2.24) is 20.0 Å². The number of pyridine rings is 1. The molecule has 0 aliphatic rings. The molecule has 0 unspecified atom stereocenters. The number of hydrogen-bond donors (Lipinski definition) is 0. The maximum absolute atomic E-state index is 12.3. The Morgan fingerprint density at radius 1 is 1.21 bits per heavy atom. The van der Waals surface area contributed by atoms with Crippen LogP contribution in [0.4, 0.5) is 8.78 Å². The van der Waals surface area contributed by atoms with Gasteiger partial charge in [-0.3, -0.25) is 9.78 Å². The fraction of sp³-hybridized carbons (Fsp3) is 0.263. The third kappa shape index (κ3) is 5.32. The van der Waals surface area contributed by atoms with E-state index in [4.69, 9.17) is 4.52 Å². The van der Waals surface area contributed by atoms with Crippen LogP contribution in [-0.4, -0.2) is 39.6 Å². The normalized spacial score (nSPS) is 10.9. The molecule has 0 aliphatic heterocycles. The monoisotopic (exact) mass is 388 g/mol. The molecule has 0 atom stereocenters. The fourth-order valence-electron chi connectivity index (χ4n) is 2.50. The molecule has 1 amide bonds. The molecule has 0 spiro atoms. The van der Waals surface area contributed by atoms with Crippen molar-refractivity contribution >= 4 is 5.91 Å². The van der Waals surface area contributed by atoms with E-state index in [2.05, 4.69) is 19.9 Å². The third-order valence-corrected chi connectivity index (χ3v) is 3.91. The van der Waals surface area contributed by atoms with E-state index in [1.807, 2.05) is 6.07 Å². The summed E-state index contributed by atoms with van der Waals surface area (Å²) in [5, 5.41) is 3.87. The van der Waals surface area contributed by atoms with Crippen LogP contribution in [0.15, 0.2) is 53.2 Å². The van der Waals surface area contributed by atoms with Gasteiger partial charge in [-0.2, -0.15) is 13.8 Å². The third-order valence-electron chi connectivity index (χ3n) is 3.91. The topological polar surface area (TPSA) is 81.4 Å². The van der Waals surface area contributed by atoms with Crippen molar-refractivity contribution in [2.24, 2.45) is 0 Å². The van der Waals surface area contributed by atoms with E-state index in [1.165, 1.54) is 12.1 Å². The van der Waals surface area contributed by atoms with Crippen LogP contribution in [0, 0.1) is 0 Å². The smallest absolute Gasteiger partial charge is 0.387 e. The Morgan fingerprint density at radius 2 is 2.00 bits per heavy atom. The van der Waals surface area contributed by atoms with E-state index < -0.39 is 6.61 Å². The number of halogens is 2. The highest BCUT2D eigenvalue weighted by molar-refractivity contribution is 5.76. The van der Waals surface area contributed by atoms with Gasteiger partial charge in [0.2, 0.25) is 17.6 Å². The summed E-state index contributed by atoms with van der Waals surface area (Å²) in [6.45, 7) is -2.52. The van der Waals surface area contributed by atoms with Gasteiger partial charge in [0.15, 0.2) is 0 Å². The highest BCUT2D eigenvalue weighted by atomic mass is 19.3. The Hall–Kier alpha value is -3.36. The summed E-state index contributed by atoms with van der Waals surface area (Å²) in [5.74, 6) is 0.705. The number of aromatic nitrogens is 3. The maximum Gasteiger partial charge on any atom is 0.387 e. The fourth-order valence-corrected chi connectivity index (χ4v) is 2.50. The summed E-state index contributed by atoms with van der Waals surface area (Å²) in [7, 11) is 1.67. The summed E-state index contributed by atoms with van der Waals surface area (Å²) in [6.07, 6.45) is 2.15. The van der Waals surface area contributed by atoms with E-state index in [9.17, 15) is 13.6 Å². The minimum absolute atomic E-state index is 0.0767. The lowest BCUT2D eigenvalue weighted by molar-refractivity contribution is -0.130. The molecule has 3 rings (SSSR count). The van der Waals surface area contributed by atoms with Gasteiger partial charge in [-0.1, -0.05) is 23.4 Å². The summed E-state index contributed by atoms with van der Waals surface area (Å²) >= 11 is 0. The minimum atomic E-state index is -2.86. The molecule has 0 radical (unpaired) electrons. The van der Waals surface area contributed by atoms with E-state index >= 15 is 0 Å². The maximum atomic E-state index is 12.3. The number of rotatable bonds is 8. The number of aryl methyl sites for hydroxylation is 1. The Morgan fingerprint density at radius 3 is 2.68 bits per heavy atom. The first kappa shape index (κ1) is 19.4. The van der Waals surface area contributed by atoms with Crippen molar-refractivity contribution in [1.29, 1.82) is 0 Å². The Kier molecular flexibility index (Phi) is 6.25.